The first-order chi connectivity index (χ1) is 16.6. The Morgan fingerprint density at radius 2 is 1.86 bits per heavy atom. The van der Waals surface area contributed by atoms with E-state index in [-0.39, 0.29) is 16.3 Å². The number of aromatic nitrogens is 2. The molecule has 0 N–H and O–H groups in total. The van der Waals surface area contributed by atoms with Crippen LogP contribution in [0.25, 0.3) is 11.7 Å². The third-order valence-electron chi connectivity index (χ3n) is 5.19. The van der Waals surface area contributed by atoms with E-state index in [0.717, 1.165) is 11.6 Å². The van der Waals surface area contributed by atoms with Gasteiger partial charge in [0.15, 0.2) is 0 Å². The molecule has 2 aromatic heterocycles. The summed E-state index contributed by atoms with van der Waals surface area (Å²) in [6, 6.07) is 15.9. The van der Waals surface area contributed by atoms with E-state index < -0.39 is 20.3 Å². The van der Waals surface area contributed by atoms with E-state index in [1.807, 2.05) is 0 Å². The summed E-state index contributed by atoms with van der Waals surface area (Å²) in [6.07, 6.45) is 2.51. The van der Waals surface area contributed by atoms with Crippen molar-refractivity contribution in [2.24, 2.45) is 0 Å². The van der Waals surface area contributed by atoms with Crippen LogP contribution in [-0.2, 0) is 9.84 Å². The fourth-order valence-electron chi connectivity index (χ4n) is 3.33. The van der Waals surface area contributed by atoms with Crippen LogP contribution in [0.4, 0.5) is 0 Å². The van der Waals surface area contributed by atoms with Crippen molar-refractivity contribution in [1.29, 1.82) is 5.26 Å². The predicted molar refractivity (Wildman–Crippen MR) is 137 cm³/mol. The molecule has 0 unspecified atom stereocenters. The van der Waals surface area contributed by atoms with Gasteiger partial charge >= 0.3 is 0 Å². The number of hydrogen-bond donors (Lipinski definition) is 0. The molecule has 4 aromatic rings. The molecule has 0 amide bonds. The summed E-state index contributed by atoms with van der Waals surface area (Å²) < 4.78 is 34.2. The highest BCUT2D eigenvalue weighted by molar-refractivity contribution is 9.10. The number of rotatable bonds is 5. The van der Waals surface area contributed by atoms with Crippen molar-refractivity contribution in [3.63, 3.8) is 0 Å². The summed E-state index contributed by atoms with van der Waals surface area (Å²) in [7, 11) is -4.22. The van der Waals surface area contributed by atoms with Gasteiger partial charge in [-0.3, -0.25) is 9.20 Å². The normalized spacial score (nSPS) is 11.9. The summed E-state index contributed by atoms with van der Waals surface area (Å²) in [5.74, 6) is 0.213. The second-order valence-electron chi connectivity index (χ2n) is 7.61. The number of sulfone groups is 1. The van der Waals surface area contributed by atoms with Gasteiger partial charge in [-0.15, -0.1) is 0 Å². The number of aryl methyl sites for hydroxylation is 2. The lowest BCUT2D eigenvalue weighted by molar-refractivity contribution is 0.460. The van der Waals surface area contributed by atoms with Crippen molar-refractivity contribution < 1.29 is 13.2 Å². The molecule has 0 atom stereocenters. The molecule has 10 heteroatoms. The SMILES string of the molecule is Cc1cc(Oc2nc3c(C)cccn3c(=O)c2/C=C(/C#N)S(=O)(=O)c2ccc(Br)cc2)ccc1Cl. The average molecular weight is 571 g/mol. The van der Waals surface area contributed by atoms with Crippen LogP contribution >= 0.6 is 27.5 Å². The largest absolute Gasteiger partial charge is 0.438 e. The van der Waals surface area contributed by atoms with Gasteiger partial charge in [-0.1, -0.05) is 33.6 Å². The Balaban J connectivity index is 1.96. The van der Waals surface area contributed by atoms with Crippen LogP contribution in [0.3, 0.4) is 0 Å². The molecule has 0 saturated heterocycles. The maximum absolute atomic E-state index is 13.4. The van der Waals surface area contributed by atoms with Gasteiger partial charge in [0.25, 0.3) is 5.56 Å². The molecule has 0 spiro atoms. The van der Waals surface area contributed by atoms with E-state index >= 15 is 0 Å². The molecule has 0 fully saturated rings. The highest BCUT2D eigenvalue weighted by atomic mass is 79.9. The van der Waals surface area contributed by atoms with Crippen LogP contribution in [0.5, 0.6) is 11.6 Å². The first-order valence-electron chi connectivity index (χ1n) is 10.2. The van der Waals surface area contributed by atoms with E-state index in [0.29, 0.717) is 26.5 Å². The number of benzene rings is 2. The van der Waals surface area contributed by atoms with E-state index in [1.54, 1.807) is 62.4 Å². The Kier molecular flexibility index (Phi) is 6.81. The fraction of sp³-hybridized carbons (Fsp3) is 0.0800. The first-order valence-corrected chi connectivity index (χ1v) is 12.9. The van der Waals surface area contributed by atoms with Crippen LogP contribution < -0.4 is 10.3 Å². The molecular formula is C25H17BrClN3O4S. The lowest BCUT2D eigenvalue weighted by Crippen LogP contribution is -2.20. The molecule has 2 heterocycles. The monoisotopic (exact) mass is 569 g/mol. The number of halogens is 2. The molecule has 0 bridgehead atoms. The summed E-state index contributed by atoms with van der Waals surface area (Å²) in [6.45, 7) is 3.58. The second-order valence-corrected chi connectivity index (χ2v) is 10.9. The maximum atomic E-state index is 13.4. The molecular weight excluding hydrogens is 554 g/mol. The van der Waals surface area contributed by atoms with E-state index in [9.17, 15) is 18.5 Å². The highest BCUT2D eigenvalue weighted by Gasteiger charge is 2.24. The molecule has 0 radical (unpaired) electrons. The van der Waals surface area contributed by atoms with Crippen LogP contribution in [0.15, 0.2) is 79.9 Å². The van der Waals surface area contributed by atoms with Gasteiger partial charge in [0.1, 0.15) is 27.9 Å². The number of nitrogens with zero attached hydrogens (tertiary/aromatic N) is 3. The smallest absolute Gasteiger partial charge is 0.269 e. The van der Waals surface area contributed by atoms with Gasteiger partial charge in [0.05, 0.1) is 4.90 Å². The van der Waals surface area contributed by atoms with Crippen molar-refractivity contribution in [3.8, 4) is 17.7 Å². The quantitative estimate of drug-likeness (QED) is 0.279. The van der Waals surface area contributed by atoms with Gasteiger partial charge in [-0.2, -0.15) is 10.2 Å². The molecule has 35 heavy (non-hydrogen) atoms. The minimum atomic E-state index is -4.22. The maximum Gasteiger partial charge on any atom is 0.269 e. The van der Waals surface area contributed by atoms with Crippen molar-refractivity contribution in [2.75, 3.05) is 0 Å². The standard InChI is InChI=1S/C25H17BrClN3O4S/c1-15-4-3-11-30-23(15)29-24(34-18-7-10-22(27)16(2)12-18)21(25(30)31)13-20(14-28)35(32,33)19-8-5-17(26)6-9-19/h3-13H,1-2H3/b20-13-. The third-order valence-corrected chi connectivity index (χ3v) is 7.83. The minimum absolute atomic E-state index is 0.0889. The highest BCUT2D eigenvalue weighted by Crippen LogP contribution is 2.29. The Labute approximate surface area is 214 Å². The summed E-state index contributed by atoms with van der Waals surface area (Å²) >= 11 is 9.36. The Morgan fingerprint density at radius 1 is 1.14 bits per heavy atom. The molecule has 176 valence electrons. The lowest BCUT2D eigenvalue weighted by atomic mass is 10.2. The summed E-state index contributed by atoms with van der Waals surface area (Å²) in [5, 5.41) is 10.3. The average Bonchev–Trinajstić information content (AvgIpc) is 2.82. The van der Waals surface area contributed by atoms with Crippen molar-refractivity contribution in [1.82, 2.24) is 9.38 Å². The molecule has 0 aliphatic carbocycles. The zero-order valence-electron chi connectivity index (χ0n) is 18.5. The molecule has 0 aliphatic heterocycles. The van der Waals surface area contributed by atoms with Crippen LogP contribution in [0.2, 0.25) is 5.02 Å². The van der Waals surface area contributed by atoms with Crippen LogP contribution in [-0.4, -0.2) is 17.8 Å². The van der Waals surface area contributed by atoms with Gasteiger partial charge in [0.2, 0.25) is 15.7 Å². The number of fused-ring (bicyclic) bond motifs is 1. The van der Waals surface area contributed by atoms with Gasteiger partial charge < -0.3 is 4.74 Å². The minimum Gasteiger partial charge on any atom is -0.438 e. The second kappa shape index (κ2) is 9.66. The van der Waals surface area contributed by atoms with Crippen molar-refractivity contribution in [3.05, 3.63) is 102 Å². The lowest BCUT2D eigenvalue weighted by Gasteiger charge is -2.12. The van der Waals surface area contributed by atoms with E-state index in [1.165, 1.54) is 22.7 Å². The summed E-state index contributed by atoms with van der Waals surface area (Å²) in [4.78, 5) is 17.2. The third kappa shape index (κ3) is 4.86. The van der Waals surface area contributed by atoms with Gasteiger partial charge in [0, 0.05) is 15.7 Å². The van der Waals surface area contributed by atoms with Crippen LogP contribution in [0, 0.1) is 25.2 Å². The number of hydrogen-bond acceptors (Lipinski definition) is 6. The Morgan fingerprint density at radius 3 is 2.51 bits per heavy atom. The van der Waals surface area contributed by atoms with Gasteiger partial charge in [-0.05, 0) is 79.6 Å². The van der Waals surface area contributed by atoms with E-state index in [2.05, 4.69) is 20.9 Å². The topological polar surface area (TPSA) is 102 Å². The molecule has 0 saturated carbocycles. The fourth-order valence-corrected chi connectivity index (χ4v) is 4.85. The molecule has 2 aromatic carbocycles. The van der Waals surface area contributed by atoms with Crippen molar-refractivity contribution >= 4 is 49.1 Å². The Bertz CT molecular complexity index is 1710. The van der Waals surface area contributed by atoms with E-state index in [4.69, 9.17) is 16.3 Å². The van der Waals surface area contributed by atoms with Gasteiger partial charge in [-0.25, -0.2) is 8.42 Å². The summed E-state index contributed by atoms with van der Waals surface area (Å²) in [5.41, 5.74) is 1.02. The predicted octanol–water partition coefficient (Wildman–Crippen LogP) is 5.86. The molecule has 4 rings (SSSR count). The zero-order valence-corrected chi connectivity index (χ0v) is 21.6. The Hall–Kier alpha value is -3.45. The number of pyridine rings is 1. The zero-order chi connectivity index (χ0) is 25.3. The number of nitriles is 1. The van der Waals surface area contributed by atoms with Crippen molar-refractivity contribution in [2.45, 2.75) is 18.7 Å². The molecule has 0 aliphatic rings. The first kappa shape index (κ1) is 24.7. The molecule has 7 nitrogen and oxygen atoms in total. The van der Waals surface area contributed by atoms with Crippen LogP contribution in [0.1, 0.15) is 16.7 Å². The number of ether oxygens (including phenoxy) is 1. The number of allylic oxidation sites excluding steroid dienone is 1.